The van der Waals surface area contributed by atoms with Crippen molar-refractivity contribution in [2.24, 2.45) is 23.7 Å². The fourth-order valence-electron chi connectivity index (χ4n) is 3.21. The Balaban J connectivity index is 1.99. The molecule has 1 radical (unpaired) electrons. The molecule has 0 heteroatoms. The van der Waals surface area contributed by atoms with E-state index in [1.807, 2.05) is 0 Å². The molecule has 0 amide bonds. The average Bonchev–Trinajstić information content (AvgIpc) is 2.60. The molecule has 0 aliphatic heterocycles. The number of rotatable bonds is 0. The summed E-state index contributed by atoms with van der Waals surface area (Å²) >= 11 is 0. The van der Waals surface area contributed by atoms with Gasteiger partial charge in [0, 0.05) is 0 Å². The Hall–Kier alpha value is -0.260. The molecule has 2 fully saturated rings. The van der Waals surface area contributed by atoms with Crippen LogP contribution in [0.5, 0.6) is 0 Å². The van der Waals surface area contributed by atoms with Gasteiger partial charge in [0.05, 0.1) is 0 Å². The van der Waals surface area contributed by atoms with E-state index in [0.29, 0.717) is 0 Å². The molecule has 2 saturated carbocycles. The lowest BCUT2D eigenvalue weighted by Crippen LogP contribution is -2.12. The second kappa shape index (κ2) is 1.66. The van der Waals surface area contributed by atoms with E-state index >= 15 is 0 Å². The third kappa shape index (κ3) is 0.492. The second-order valence-electron chi connectivity index (χ2n) is 4.04. The Kier molecular flexibility index (Phi) is 0.898. The smallest absolute Gasteiger partial charge is 0.0196 e. The standard InChI is InChI=1S/C10H13/c1-2-9-7-4-5-8(6-7)10(9)3-1/h1,4-5,7-10H,2-3,6H2. The van der Waals surface area contributed by atoms with Gasteiger partial charge >= 0.3 is 0 Å². The van der Waals surface area contributed by atoms with Crippen molar-refractivity contribution >= 4 is 0 Å². The molecule has 53 valence electrons. The van der Waals surface area contributed by atoms with E-state index in [9.17, 15) is 0 Å². The molecule has 0 aromatic heterocycles. The predicted octanol–water partition coefficient (Wildman–Crippen LogP) is 2.42. The molecular weight excluding hydrogens is 120 g/mol. The van der Waals surface area contributed by atoms with E-state index < -0.39 is 0 Å². The lowest BCUT2D eigenvalue weighted by atomic mass is 9.86. The van der Waals surface area contributed by atoms with Gasteiger partial charge in [0.25, 0.3) is 0 Å². The Labute approximate surface area is 62.3 Å². The SMILES string of the molecule is [CH]1CC2C3C=CC(C3)C2C1. The van der Waals surface area contributed by atoms with Crippen LogP contribution < -0.4 is 0 Å². The van der Waals surface area contributed by atoms with Crippen molar-refractivity contribution in [1.29, 1.82) is 0 Å². The highest BCUT2D eigenvalue weighted by atomic mass is 14.5. The number of allylic oxidation sites excluding steroid dienone is 2. The van der Waals surface area contributed by atoms with Crippen LogP contribution in [0.2, 0.25) is 0 Å². The zero-order chi connectivity index (χ0) is 6.55. The van der Waals surface area contributed by atoms with Gasteiger partial charge in [-0.3, -0.25) is 0 Å². The Bertz CT molecular complexity index is 162. The van der Waals surface area contributed by atoms with Gasteiger partial charge in [0.15, 0.2) is 0 Å². The van der Waals surface area contributed by atoms with Crippen LogP contribution >= 0.6 is 0 Å². The molecule has 10 heavy (non-hydrogen) atoms. The molecule has 0 heterocycles. The van der Waals surface area contributed by atoms with Crippen LogP contribution in [0.1, 0.15) is 19.3 Å². The fourth-order valence-corrected chi connectivity index (χ4v) is 3.21. The van der Waals surface area contributed by atoms with E-state index in [-0.39, 0.29) is 0 Å². The molecule has 0 N–H and O–H groups in total. The summed E-state index contributed by atoms with van der Waals surface area (Å²) in [6.45, 7) is 0. The minimum atomic E-state index is 0.980. The largest absolute Gasteiger partial charge is 0.0848 e. The minimum Gasteiger partial charge on any atom is -0.0848 e. The van der Waals surface area contributed by atoms with E-state index in [1.165, 1.54) is 19.3 Å². The van der Waals surface area contributed by atoms with Crippen LogP contribution in [0.4, 0.5) is 0 Å². The maximum absolute atomic E-state index is 2.50. The molecule has 3 aliphatic carbocycles. The summed E-state index contributed by atoms with van der Waals surface area (Å²) in [6, 6.07) is 0. The van der Waals surface area contributed by atoms with Gasteiger partial charge < -0.3 is 0 Å². The van der Waals surface area contributed by atoms with Crippen LogP contribution in [0, 0.1) is 30.1 Å². The molecule has 0 aromatic carbocycles. The first kappa shape index (κ1) is 5.40. The van der Waals surface area contributed by atoms with Gasteiger partial charge in [-0.25, -0.2) is 0 Å². The second-order valence-corrected chi connectivity index (χ2v) is 4.04. The van der Waals surface area contributed by atoms with Crippen LogP contribution in [0.3, 0.4) is 0 Å². The first-order valence-corrected chi connectivity index (χ1v) is 4.45. The molecule has 4 atom stereocenters. The number of fused-ring (bicyclic) bond motifs is 5. The van der Waals surface area contributed by atoms with Gasteiger partial charge in [-0.15, -0.1) is 0 Å². The van der Waals surface area contributed by atoms with Gasteiger partial charge in [0.2, 0.25) is 0 Å². The maximum Gasteiger partial charge on any atom is -0.0196 e. The Morgan fingerprint density at radius 2 is 1.50 bits per heavy atom. The quantitative estimate of drug-likeness (QED) is 0.445. The summed E-state index contributed by atoms with van der Waals surface area (Å²) in [5.41, 5.74) is 0. The summed E-state index contributed by atoms with van der Waals surface area (Å²) in [6.07, 6.45) is 11.7. The fraction of sp³-hybridized carbons (Fsp3) is 0.700. The zero-order valence-corrected chi connectivity index (χ0v) is 6.16. The molecule has 0 saturated heterocycles. The third-order valence-electron chi connectivity index (χ3n) is 3.68. The van der Waals surface area contributed by atoms with E-state index in [2.05, 4.69) is 18.6 Å². The van der Waals surface area contributed by atoms with Crippen molar-refractivity contribution in [3.05, 3.63) is 18.6 Å². The van der Waals surface area contributed by atoms with Crippen molar-refractivity contribution in [3.8, 4) is 0 Å². The zero-order valence-electron chi connectivity index (χ0n) is 6.16. The average molecular weight is 133 g/mol. The molecule has 0 spiro atoms. The predicted molar refractivity (Wildman–Crippen MR) is 41.3 cm³/mol. The number of hydrogen-bond donors (Lipinski definition) is 0. The molecule has 4 unspecified atom stereocenters. The Morgan fingerprint density at radius 3 is 2.10 bits per heavy atom. The van der Waals surface area contributed by atoms with E-state index in [1.54, 1.807) is 0 Å². The summed E-state index contributed by atoms with van der Waals surface area (Å²) in [5.74, 6) is 4.09. The third-order valence-corrected chi connectivity index (χ3v) is 3.68. The van der Waals surface area contributed by atoms with Crippen LogP contribution in [0.25, 0.3) is 0 Å². The van der Waals surface area contributed by atoms with Crippen LogP contribution in [-0.4, -0.2) is 0 Å². The van der Waals surface area contributed by atoms with Crippen molar-refractivity contribution in [2.45, 2.75) is 19.3 Å². The molecule has 0 nitrogen and oxygen atoms in total. The Morgan fingerprint density at radius 1 is 0.900 bits per heavy atom. The molecule has 3 rings (SSSR count). The van der Waals surface area contributed by atoms with Gasteiger partial charge in [0.1, 0.15) is 0 Å². The molecular formula is C10H13. The first-order valence-electron chi connectivity index (χ1n) is 4.45. The summed E-state index contributed by atoms with van der Waals surface area (Å²) in [5, 5.41) is 0. The maximum atomic E-state index is 2.50. The number of hydrogen-bond acceptors (Lipinski definition) is 0. The van der Waals surface area contributed by atoms with Crippen molar-refractivity contribution in [1.82, 2.24) is 0 Å². The molecule has 2 bridgehead atoms. The van der Waals surface area contributed by atoms with E-state index in [4.69, 9.17) is 0 Å². The molecule has 0 aromatic rings. The lowest BCUT2D eigenvalue weighted by molar-refractivity contribution is 0.364. The van der Waals surface area contributed by atoms with Crippen LogP contribution in [0.15, 0.2) is 12.2 Å². The van der Waals surface area contributed by atoms with Crippen molar-refractivity contribution < 1.29 is 0 Å². The summed E-state index contributed by atoms with van der Waals surface area (Å²) in [4.78, 5) is 0. The highest BCUT2D eigenvalue weighted by Crippen LogP contribution is 2.54. The van der Waals surface area contributed by atoms with Gasteiger partial charge in [-0.2, -0.15) is 0 Å². The topological polar surface area (TPSA) is 0 Å². The van der Waals surface area contributed by atoms with Crippen LogP contribution in [-0.2, 0) is 0 Å². The van der Waals surface area contributed by atoms with Gasteiger partial charge in [-0.05, 0) is 49.4 Å². The summed E-state index contributed by atoms with van der Waals surface area (Å²) in [7, 11) is 0. The van der Waals surface area contributed by atoms with Crippen molar-refractivity contribution in [3.63, 3.8) is 0 Å². The van der Waals surface area contributed by atoms with E-state index in [0.717, 1.165) is 23.7 Å². The lowest BCUT2D eigenvalue weighted by Gasteiger charge is -2.19. The van der Waals surface area contributed by atoms with Crippen molar-refractivity contribution in [2.75, 3.05) is 0 Å². The normalized spacial score (nSPS) is 56.0. The summed E-state index contributed by atoms with van der Waals surface area (Å²) < 4.78 is 0. The highest BCUT2D eigenvalue weighted by Gasteiger charge is 2.46. The molecule has 3 aliphatic rings. The highest BCUT2D eigenvalue weighted by molar-refractivity contribution is 5.16. The van der Waals surface area contributed by atoms with Gasteiger partial charge in [-0.1, -0.05) is 12.2 Å². The monoisotopic (exact) mass is 133 g/mol. The minimum absolute atomic E-state index is 0.980. The first-order chi connectivity index (χ1) is 4.95.